The number of aromatic nitrogens is 1. The Balaban J connectivity index is 1.80. The summed E-state index contributed by atoms with van der Waals surface area (Å²) >= 11 is 1.69. The summed E-state index contributed by atoms with van der Waals surface area (Å²) in [5.41, 5.74) is 5.80. The van der Waals surface area contributed by atoms with Gasteiger partial charge in [0.15, 0.2) is 0 Å². The number of benzene rings is 1. The van der Waals surface area contributed by atoms with Crippen molar-refractivity contribution in [1.29, 1.82) is 0 Å². The number of nitrogens with one attached hydrogen (secondary N) is 1. The van der Waals surface area contributed by atoms with E-state index in [1.807, 2.05) is 12.6 Å². The molecule has 4 heteroatoms. The van der Waals surface area contributed by atoms with Crippen molar-refractivity contribution in [3.63, 3.8) is 0 Å². The van der Waals surface area contributed by atoms with Crippen molar-refractivity contribution in [3.8, 4) is 0 Å². The minimum atomic E-state index is 0.460. The van der Waals surface area contributed by atoms with Gasteiger partial charge in [0.05, 0.1) is 17.2 Å². The summed E-state index contributed by atoms with van der Waals surface area (Å²) in [5.74, 6) is 0. The highest BCUT2D eigenvalue weighted by molar-refractivity contribution is 7.07. The molecule has 1 unspecified atom stereocenters. The molecular formula is C15H19N3S. The van der Waals surface area contributed by atoms with Gasteiger partial charge in [-0.2, -0.15) is 0 Å². The first-order chi connectivity index (χ1) is 9.38. The molecule has 0 bridgehead atoms. The van der Waals surface area contributed by atoms with Crippen LogP contribution in [0.4, 0.5) is 5.69 Å². The van der Waals surface area contributed by atoms with Gasteiger partial charge in [-0.15, -0.1) is 11.3 Å². The Labute approximate surface area is 118 Å². The first kappa shape index (κ1) is 12.6. The Morgan fingerprint density at radius 2 is 2.21 bits per heavy atom. The summed E-state index contributed by atoms with van der Waals surface area (Å²) in [6.45, 7) is 2.06. The van der Waals surface area contributed by atoms with Gasteiger partial charge in [-0.1, -0.05) is 12.1 Å². The van der Waals surface area contributed by atoms with E-state index in [2.05, 4.69) is 44.8 Å². The normalized spacial score (nSPS) is 19.0. The van der Waals surface area contributed by atoms with Gasteiger partial charge in [-0.25, -0.2) is 4.98 Å². The molecule has 1 fully saturated rings. The minimum absolute atomic E-state index is 0.460. The standard InChI is InChI=1S/C15H19N3S/c1-16-9-12-4-6-13(7-5-12)18-8-2-3-15(18)14-10-19-11-17-14/h4-7,10-11,15-16H,2-3,8-9H2,1H3. The van der Waals surface area contributed by atoms with Gasteiger partial charge in [-0.3, -0.25) is 0 Å². The van der Waals surface area contributed by atoms with Crippen molar-refractivity contribution in [2.24, 2.45) is 0 Å². The third-order valence-corrected chi connectivity index (χ3v) is 4.30. The fourth-order valence-electron chi connectivity index (χ4n) is 2.78. The van der Waals surface area contributed by atoms with E-state index in [9.17, 15) is 0 Å². The molecule has 1 saturated heterocycles. The second-order valence-corrected chi connectivity index (χ2v) is 5.68. The van der Waals surface area contributed by atoms with E-state index in [0.717, 1.165) is 13.1 Å². The van der Waals surface area contributed by atoms with Crippen LogP contribution in [0.15, 0.2) is 35.2 Å². The maximum atomic E-state index is 4.49. The Morgan fingerprint density at radius 3 is 2.89 bits per heavy atom. The second-order valence-electron chi connectivity index (χ2n) is 4.96. The quantitative estimate of drug-likeness (QED) is 0.927. The van der Waals surface area contributed by atoms with Gasteiger partial charge < -0.3 is 10.2 Å². The predicted octanol–water partition coefficient (Wildman–Crippen LogP) is 3.20. The summed E-state index contributed by atoms with van der Waals surface area (Å²) < 4.78 is 0. The largest absolute Gasteiger partial charge is 0.363 e. The molecule has 3 rings (SSSR count). The van der Waals surface area contributed by atoms with Gasteiger partial charge >= 0.3 is 0 Å². The van der Waals surface area contributed by atoms with E-state index in [1.165, 1.54) is 29.8 Å². The number of nitrogens with zero attached hydrogens (tertiary/aromatic N) is 2. The smallest absolute Gasteiger partial charge is 0.0795 e. The lowest BCUT2D eigenvalue weighted by molar-refractivity contribution is 0.699. The van der Waals surface area contributed by atoms with Gasteiger partial charge in [0.25, 0.3) is 0 Å². The highest BCUT2D eigenvalue weighted by atomic mass is 32.1. The molecule has 0 amide bonds. The van der Waals surface area contributed by atoms with Crippen molar-refractivity contribution in [2.75, 3.05) is 18.5 Å². The molecule has 1 aromatic heterocycles. The number of hydrogen-bond donors (Lipinski definition) is 1. The molecule has 0 aliphatic carbocycles. The molecule has 2 aromatic rings. The predicted molar refractivity (Wildman–Crippen MR) is 80.6 cm³/mol. The Hall–Kier alpha value is -1.39. The molecule has 0 spiro atoms. The van der Waals surface area contributed by atoms with Crippen molar-refractivity contribution in [2.45, 2.75) is 25.4 Å². The lowest BCUT2D eigenvalue weighted by atomic mass is 10.1. The number of hydrogen-bond acceptors (Lipinski definition) is 4. The van der Waals surface area contributed by atoms with Crippen LogP contribution in [0.25, 0.3) is 0 Å². The van der Waals surface area contributed by atoms with Crippen LogP contribution in [0, 0.1) is 0 Å². The van der Waals surface area contributed by atoms with Crippen LogP contribution >= 0.6 is 11.3 Å². The lowest BCUT2D eigenvalue weighted by Gasteiger charge is -2.25. The minimum Gasteiger partial charge on any atom is -0.363 e. The second kappa shape index (κ2) is 5.72. The van der Waals surface area contributed by atoms with E-state index < -0.39 is 0 Å². The summed E-state index contributed by atoms with van der Waals surface area (Å²) in [5, 5.41) is 5.36. The zero-order valence-corrected chi connectivity index (χ0v) is 12.0. The van der Waals surface area contributed by atoms with Crippen LogP contribution in [-0.2, 0) is 6.54 Å². The van der Waals surface area contributed by atoms with Gasteiger partial charge in [-0.05, 0) is 37.6 Å². The van der Waals surface area contributed by atoms with Gasteiger partial charge in [0.2, 0.25) is 0 Å². The first-order valence-electron chi connectivity index (χ1n) is 6.77. The number of rotatable bonds is 4. The maximum Gasteiger partial charge on any atom is 0.0795 e. The highest BCUT2D eigenvalue weighted by Crippen LogP contribution is 2.35. The molecular weight excluding hydrogens is 254 g/mol. The van der Waals surface area contributed by atoms with Crippen molar-refractivity contribution in [1.82, 2.24) is 10.3 Å². The molecule has 3 nitrogen and oxygen atoms in total. The van der Waals surface area contributed by atoms with E-state index in [-0.39, 0.29) is 0 Å². The monoisotopic (exact) mass is 273 g/mol. The van der Waals surface area contributed by atoms with Crippen LogP contribution in [0.1, 0.15) is 30.1 Å². The zero-order valence-electron chi connectivity index (χ0n) is 11.2. The number of thiazole rings is 1. The Bertz CT molecular complexity index is 507. The number of anilines is 1. The molecule has 1 aliphatic rings. The molecule has 1 aromatic carbocycles. The Morgan fingerprint density at radius 1 is 1.37 bits per heavy atom. The maximum absolute atomic E-state index is 4.49. The zero-order chi connectivity index (χ0) is 13.1. The van der Waals surface area contributed by atoms with Crippen LogP contribution in [0.5, 0.6) is 0 Å². The molecule has 1 N–H and O–H groups in total. The average Bonchev–Trinajstić information content (AvgIpc) is 3.11. The molecule has 19 heavy (non-hydrogen) atoms. The van der Waals surface area contributed by atoms with Crippen molar-refractivity contribution in [3.05, 3.63) is 46.4 Å². The van der Waals surface area contributed by atoms with E-state index in [1.54, 1.807) is 11.3 Å². The molecule has 0 radical (unpaired) electrons. The third-order valence-electron chi connectivity index (χ3n) is 3.69. The topological polar surface area (TPSA) is 28.2 Å². The van der Waals surface area contributed by atoms with Gasteiger partial charge in [0.1, 0.15) is 0 Å². The fourth-order valence-corrected chi connectivity index (χ4v) is 3.38. The van der Waals surface area contributed by atoms with Crippen molar-refractivity contribution < 1.29 is 0 Å². The molecule has 0 saturated carbocycles. The third kappa shape index (κ3) is 2.65. The van der Waals surface area contributed by atoms with Gasteiger partial charge in [0, 0.05) is 24.2 Å². The molecule has 100 valence electrons. The summed E-state index contributed by atoms with van der Waals surface area (Å²) in [4.78, 5) is 6.97. The van der Waals surface area contributed by atoms with Crippen molar-refractivity contribution >= 4 is 17.0 Å². The molecule has 1 aliphatic heterocycles. The van der Waals surface area contributed by atoms with Crippen LogP contribution in [0.3, 0.4) is 0 Å². The molecule has 1 atom stereocenters. The molecule has 2 heterocycles. The van der Waals surface area contributed by atoms with Crippen LogP contribution < -0.4 is 10.2 Å². The lowest BCUT2D eigenvalue weighted by Crippen LogP contribution is -2.22. The van der Waals surface area contributed by atoms with Crippen LogP contribution in [-0.4, -0.2) is 18.6 Å². The summed E-state index contributed by atoms with van der Waals surface area (Å²) in [6, 6.07) is 9.35. The van der Waals surface area contributed by atoms with E-state index in [0.29, 0.717) is 6.04 Å². The Kier molecular flexibility index (Phi) is 3.80. The first-order valence-corrected chi connectivity index (χ1v) is 7.71. The average molecular weight is 273 g/mol. The van der Waals surface area contributed by atoms with Crippen LogP contribution in [0.2, 0.25) is 0 Å². The fraction of sp³-hybridized carbons (Fsp3) is 0.400. The summed E-state index contributed by atoms with van der Waals surface area (Å²) in [6.07, 6.45) is 2.46. The highest BCUT2D eigenvalue weighted by Gasteiger charge is 2.27. The summed E-state index contributed by atoms with van der Waals surface area (Å²) in [7, 11) is 1.98. The van der Waals surface area contributed by atoms with E-state index >= 15 is 0 Å². The van der Waals surface area contributed by atoms with E-state index in [4.69, 9.17) is 0 Å². The SMILES string of the molecule is CNCc1ccc(N2CCCC2c2cscn2)cc1.